The molecule has 1 heterocycles. The number of anilines is 1. The van der Waals surface area contributed by atoms with Gasteiger partial charge in [-0.05, 0) is 36.4 Å². The molecule has 0 bridgehead atoms. The number of ether oxygens (including phenoxy) is 1. The van der Waals surface area contributed by atoms with Gasteiger partial charge in [-0.25, -0.2) is 0 Å². The minimum absolute atomic E-state index is 0.0291. The molecule has 0 aliphatic heterocycles. The van der Waals surface area contributed by atoms with Crippen LogP contribution in [0.25, 0.3) is 16.5 Å². The van der Waals surface area contributed by atoms with Gasteiger partial charge in [0.25, 0.3) is 5.91 Å². The van der Waals surface area contributed by atoms with Crippen LogP contribution in [0.2, 0.25) is 0 Å². The van der Waals surface area contributed by atoms with Crippen LogP contribution < -0.4 is 10.1 Å². The Morgan fingerprint density at radius 2 is 1.89 bits per heavy atom. The van der Waals surface area contributed by atoms with E-state index in [1.807, 2.05) is 48.5 Å². The number of nitriles is 1. The minimum Gasteiger partial charge on any atom is -0.495 e. The summed E-state index contributed by atoms with van der Waals surface area (Å²) in [6, 6.07) is 20.8. The first kappa shape index (κ1) is 18.9. The molecule has 0 atom stereocenters. The lowest BCUT2D eigenvalue weighted by Gasteiger charge is -2.09. The minimum atomic E-state index is -0.474. The maximum Gasteiger partial charge on any atom is 0.266 e. The highest BCUT2D eigenvalue weighted by Crippen LogP contribution is 2.34. The summed E-state index contributed by atoms with van der Waals surface area (Å²) >= 11 is 5.06. The van der Waals surface area contributed by atoms with Crippen molar-refractivity contribution in [1.29, 1.82) is 5.26 Å². The second-order valence-corrected chi connectivity index (χ2v) is 7.48. The fourth-order valence-corrected chi connectivity index (χ4v) is 4.09. The van der Waals surface area contributed by atoms with Crippen LogP contribution in [-0.4, -0.2) is 13.0 Å². The number of methoxy groups -OCH3 is 1. The summed E-state index contributed by atoms with van der Waals surface area (Å²) in [6.45, 7) is 0. The third-order valence-electron chi connectivity index (χ3n) is 3.77. The van der Waals surface area contributed by atoms with Crippen LogP contribution in [0.1, 0.15) is 4.88 Å². The molecule has 27 heavy (non-hydrogen) atoms. The Bertz CT molecular complexity index is 1050. The van der Waals surface area contributed by atoms with Crippen molar-refractivity contribution in [3.8, 4) is 22.3 Å². The van der Waals surface area contributed by atoms with Gasteiger partial charge in [0, 0.05) is 19.8 Å². The first-order chi connectivity index (χ1) is 13.1. The van der Waals surface area contributed by atoms with E-state index in [9.17, 15) is 10.1 Å². The molecule has 3 aromatic rings. The standard InChI is InChI=1S/C21H15BrN2O2S/c1-26-19-9-5-4-8-18(19)24-21(25)14(13-23)12-15-10-11-20(27-15)16-6-2-3-7-17(16)22/h2-12H,1H3,(H,24,25)/b14-12+. The average molecular weight is 439 g/mol. The number of halogens is 1. The summed E-state index contributed by atoms with van der Waals surface area (Å²) in [4.78, 5) is 14.4. The normalized spacial score (nSPS) is 10.9. The second-order valence-electron chi connectivity index (χ2n) is 5.51. The highest BCUT2D eigenvalue weighted by atomic mass is 79.9. The molecule has 1 aromatic heterocycles. The Morgan fingerprint density at radius 3 is 2.63 bits per heavy atom. The SMILES string of the molecule is COc1ccccc1NC(=O)/C(C#N)=C/c1ccc(-c2ccccc2Br)s1. The summed E-state index contributed by atoms with van der Waals surface area (Å²) < 4.78 is 6.22. The lowest BCUT2D eigenvalue weighted by Crippen LogP contribution is -2.14. The van der Waals surface area contributed by atoms with Gasteiger partial charge in [0.15, 0.2) is 0 Å². The molecule has 0 aliphatic carbocycles. The smallest absolute Gasteiger partial charge is 0.266 e. The van der Waals surface area contributed by atoms with Gasteiger partial charge in [-0.3, -0.25) is 4.79 Å². The average Bonchev–Trinajstić information content (AvgIpc) is 3.15. The van der Waals surface area contributed by atoms with Gasteiger partial charge < -0.3 is 10.1 Å². The number of thiophene rings is 1. The van der Waals surface area contributed by atoms with Crippen LogP contribution in [0.15, 0.2) is 70.7 Å². The van der Waals surface area contributed by atoms with E-state index < -0.39 is 5.91 Å². The van der Waals surface area contributed by atoms with Crippen LogP contribution in [0.5, 0.6) is 5.75 Å². The van der Waals surface area contributed by atoms with Crippen molar-refractivity contribution in [2.75, 3.05) is 12.4 Å². The van der Waals surface area contributed by atoms with Crippen molar-refractivity contribution >= 4 is 44.9 Å². The number of para-hydroxylation sites is 2. The molecule has 6 heteroatoms. The number of benzene rings is 2. The zero-order chi connectivity index (χ0) is 19.2. The predicted molar refractivity (Wildman–Crippen MR) is 113 cm³/mol. The zero-order valence-corrected chi connectivity index (χ0v) is 16.8. The molecule has 1 amide bonds. The number of nitrogens with zero attached hydrogens (tertiary/aromatic N) is 1. The number of carbonyl (C=O) groups is 1. The molecule has 0 spiro atoms. The maximum atomic E-state index is 12.5. The van der Waals surface area contributed by atoms with Gasteiger partial charge in [-0.15, -0.1) is 11.3 Å². The van der Waals surface area contributed by atoms with Crippen LogP contribution in [-0.2, 0) is 4.79 Å². The van der Waals surface area contributed by atoms with Crippen molar-refractivity contribution in [1.82, 2.24) is 0 Å². The Kier molecular flexibility index (Phi) is 6.07. The fourth-order valence-electron chi connectivity index (χ4n) is 2.46. The molecular weight excluding hydrogens is 424 g/mol. The molecule has 4 nitrogen and oxygen atoms in total. The van der Waals surface area contributed by atoms with Gasteiger partial charge in [0.1, 0.15) is 17.4 Å². The van der Waals surface area contributed by atoms with Gasteiger partial charge in [-0.2, -0.15) is 5.26 Å². The first-order valence-corrected chi connectivity index (χ1v) is 9.64. The molecule has 0 saturated carbocycles. The Balaban J connectivity index is 1.84. The summed E-state index contributed by atoms with van der Waals surface area (Å²) in [5, 5.41) is 12.1. The molecule has 134 valence electrons. The van der Waals surface area contributed by atoms with Crippen LogP contribution in [0, 0.1) is 11.3 Å². The summed E-state index contributed by atoms with van der Waals surface area (Å²) in [6.07, 6.45) is 1.59. The van der Waals surface area contributed by atoms with Crippen molar-refractivity contribution in [2.24, 2.45) is 0 Å². The Morgan fingerprint density at radius 1 is 1.15 bits per heavy atom. The van der Waals surface area contributed by atoms with Gasteiger partial charge >= 0.3 is 0 Å². The van der Waals surface area contributed by atoms with Crippen molar-refractivity contribution < 1.29 is 9.53 Å². The maximum absolute atomic E-state index is 12.5. The summed E-state index contributed by atoms with van der Waals surface area (Å²) in [5.74, 6) is 0.0633. The van der Waals surface area contributed by atoms with E-state index in [2.05, 4.69) is 21.2 Å². The summed E-state index contributed by atoms with van der Waals surface area (Å²) in [5.41, 5.74) is 1.62. The Labute approximate surface area is 169 Å². The van der Waals surface area contributed by atoms with Gasteiger partial charge in [0.05, 0.1) is 12.8 Å². The number of nitrogens with one attached hydrogen (secondary N) is 1. The second kappa shape index (κ2) is 8.67. The quantitative estimate of drug-likeness (QED) is 0.408. The summed E-state index contributed by atoms with van der Waals surface area (Å²) in [7, 11) is 1.53. The van der Waals surface area contributed by atoms with E-state index in [1.54, 1.807) is 24.3 Å². The monoisotopic (exact) mass is 438 g/mol. The predicted octanol–water partition coefficient (Wildman–Crippen LogP) is 5.73. The molecule has 0 saturated heterocycles. The largest absolute Gasteiger partial charge is 0.495 e. The molecular formula is C21H15BrN2O2S. The molecule has 3 rings (SSSR count). The van der Waals surface area contributed by atoms with E-state index in [4.69, 9.17) is 4.74 Å². The van der Waals surface area contributed by atoms with E-state index >= 15 is 0 Å². The fraction of sp³-hybridized carbons (Fsp3) is 0.0476. The third kappa shape index (κ3) is 4.45. The van der Waals surface area contributed by atoms with Crippen LogP contribution in [0.3, 0.4) is 0 Å². The van der Waals surface area contributed by atoms with Crippen molar-refractivity contribution in [3.05, 3.63) is 75.6 Å². The number of carbonyl (C=O) groups excluding carboxylic acids is 1. The van der Waals surface area contributed by atoms with E-state index in [1.165, 1.54) is 18.4 Å². The highest BCUT2D eigenvalue weighted by molar-refractivity contribution is 9.10. The lowest BCUT2D eigenvalue weighted by molar-refractivity contribution is -0.112. The topological polar surface area (TPSA) is 62.1 Å². The van der Waals surface area contributed by atoms with E-state index in [-0.39, 0.29) is 5.57 Å². The molecule has 2 aromatic carbocycles. The van der Waals surface area contributed by atoms with Crippen molar-refractivity contribution in [2.45, 2.75) is 0 Å². The lowest BCUT2D eigenvalue weighted by atomic mass is 10.2. The molecule has 0 radical (unpaired) electrons. The number of hydrogen-bond acceptors (Lipinski definition) is 4. The molecule has 0 fully saturated rings. The number of amides is 1. The van der Waals surface area contributed by atoms with Crippen molar-refractivity contribution in [3.63, 3.8) is 0 Å². The molecule has 1 N–H and O–H groups in total. The van der Waals surface area contributed by atoms with Crippen LogP contribution in [0.4, 0.5) is 5.69 Å². The number of hydrogen-bond donors (Lipinski definition) is 1. The van der Waals surface area contributed by atoms with Crippen LogP contribution >= 0.6 is 27.3 Å². The zero-order valence-electron chi connectivity index (χ0n) is 14.4. The van der Waals surface area contributed by atoms with Gasteiger partial charge in [-0.1, -0.05) is 46.3 Å². The van der Waals surface area contributed by atoms with Gasteiger partial charge in [0.2, 0.25) is 0 Å². The molecule has 0 aliphatic rings. The molecule has 0 unspecified atom stereocenters. The third-order valence-corrected chi connectivity index (χ3v) is 5.53. The first-order valence-electron chi connectivity index (χ1n) is 8.03. The highest BCUT2D eigenvalue weighted by Gasteiger charge is 2.13. The van der Waals surface area contributed by atoms with E-state index in [0.29, 0.717) is 11.4 Å². The number of rotatable bonds is 5. The Hall–Kier alpha value is -2.88. The van der Waals surface area contributed by atoms with E-state index in [0.717, 1.165) is 19.8 Å².